The summed E-state index contributed by atoms with van der Waals surface area (Å²) in [5.41, 5.74) is 3.86. The number of carbonyl (C=O) groups excluding carboxylic acids is 2. The van der Waals surface area contributed by atoms with Crippen LogP contribution < -0.4 is 9.80 Å². The number of nitrogens with zero attached hydrogens (tertiary/aromatic N) is 4. The third kappa shape index (κ3) is 4.17. The van der Waals surface area contributed by atoms with Gasteiger partial charge < -0.3 is 9.30 Å². The summed E-state index contributed by atoms with van der Waals surface area (Å²) in [4.78, 5) is 35.6. The van der Waals surface area contributed by atoms with Crippen LogP contribution in [0.3, 0.4) is 0 Å². The number of fused-ring (bicyclic) bond motifs is 1. The smallest absolute Gasteiger partial charge is 0.305 e. The van der Waals surface area contributed by atoms with E-state index in [1.165, 1.54) is 4.90 Å². The number of ketones is 1. The highest BCUT2D eigenvalue weighted by molar-refractivity contribution is 6.49. The number of anilines is 3. The summed E-state index contributed by atoms with van der Waals surface area (Å²) < 4.78 is 1.78. The van der Waals surface area contributed by atoms with Crippen molar-refractivity contribution in [2.24, 2.45) is 0 Å². The number of amides is 1. The highest BCUT2D eigenvalue weighted by atomic mass is 16.2. The molecule has 0 aliphatic rings. The van der Waals surface area contributed by atoms with Crippen LogP contribution in [0.4, 0.5) is 17.2 Å². The number of hydrogen-bond acceptors (Lipinski definition) is 4. The van der Waals surface area contributed by atoms with Crippen molar-refractivity contribution >= 4 is 34.4 Å². The third-order valence-corrected chi connectivity index (χ3v) is 5.84. The van der Waals surface area contributed by atoms with Crippen molar-refractivity contribution in [1.82, 2.24) is 9.38 Å². The van der Waals surface area contributed by atoms with Gasteiger partial charge in [0.05, 0.1) is 11.9 Å². The van der Waals surface area contributed by atoms with Crippen LogP contribution in [0.25, 0.3) is 16.6 Å². The minimum atomic E-state index is -0.656. The van der Waals surface area contributed by atoms with Crippen molar-refractivity contribution in [2.75, 3.05) is 23.9 Å². The molecule has 35 heavy (non-hydrogen) atoms. The molecule has 3 heterocycles. The van der Waals surface area contributed by atoms with E-state index in [1.54, 1.807) is 28.8 Å². The van der Waals surface area contributed by atoms with Gasteiger partial charge in [-0.2, -0.15) is 0 Å². The van der Waals surface area contributed by atoms with E-state index in [2.05, 4.69) is 4.98 Å². The number of aromatic nitrogens is 2. The quantitative estimate of drug-likeness (QED) is 0.244. The van der Waals surface area contributed by atoms with E-state index in [1.807, 2.05) is 104 Å². The van der Waals surface area contributed by atoms with Crippen molar-refractivity contribution in [3.05, 3.63) is 115 Å². The number of carbonyl (C=O) groups is 2. The minimum Gasteiger partial charge on any atom is -0.363 e. The van der Waals surface area contributed by atoms with Gasteiger partial charge in [0.2, 0.25) is 0 Å². The third-order valence-electron chi connectivity index (χ3n) is 5.84. The summed E-state index contributed by atoms with van der Waals surface area (Å²) >= 11 is 0. The first-order valence-corrected chi connectivity index (χ1v) is 11.3. The topological polar surface area (TPSA) is 57.9 Å². The van der Waals surface area contributed by atoms with Crippen LogP contribution in [0, 0.1) is 0 Å². The van der Waals surface area contributed by atoms with E-state index in [9.17, 15) is 9.59 Å². The van der Waals surface area contributed by atoms with Crippen LogP contribution in [-0.2, 0) is 4.79 Å². The SMILES string of the molecule is CN(C)c1ccc(N(C(=O)C(=O)c2c(-c3ccccc3)cc3ccccn23)c2ccccc2)cn1. The zero-order chi connectivity index (χ0) is 24.4. The predicted molar refractivity (Wildman–Crippen MR) is 139 cm³/mol. The first-order valence-electron chi connectivity index (χ1n) is 11.3. The number of pyridine rings is 2. The number of benzene rings is 2. The normalized spacial score (nSPS) is 10.8. The Balaban J connectivity index is 1.64. The first-order chi connectivity index (χ1) is 17.0. The molecule has 3 aromatic heterocycles. The van der Waals surface area contributed by atoms with Gasteiger partial charge >= 0.3 is 5.91 Å². The molecule has 0 bridgehead atoms. The number of hydrogen-bond donors (Lipinski definition) is 0. The molecular weight excluding hydrogens is 436 g/mol. The Labute approximate surface area is 203 Å². The summed E-state index contributed by atoms with van der Waals surface area (Å²) in [5.74, 6) is -0.503. The molecule has 0 radical (unpaired) electrons. The Kier molecular flexibility index (Phi) is 5.85. The molecule has 2 aromatic carbocycles. The molecule has 0 unspecified atom stereocenters. The van der Waals surface area contributed by atoms with Gasteiger partial charge in [0.1, 0.15) is 11.5 Å². The number of rotatable bonds is 6. The fourth-order valence-corrected chi connectivity index (χ4v) is 4.13. The van der Waals surface area contributed by atoms with E-state index in [4.69, 9.17) is 0 Å². The summed E-state index contributed by atoms with van der Waals surface area (Å²) in [7, 11) is 3.79. The zero-order valence-corrected chi connectivity index (χ0v) is 19.5. The van der Waals surface area contributed by atoms with Gasteiger partial charge in [-0.25, -0.2) is 4.98 Å². The van der Waals surface area contributed by atoms with Crippen LogP contribution in [0.15, 0.2) is 109 Å². The molecule has 0 spiro atoms. The van der Waals surface area contributed by atoms with Gasteiger partial charge in [-0.3, -0.25) is 14.5 Å². The maximum absolute atomic E-state index is 13.9. The van der Waals surface area contributed by atoms with E-state index < -0.39 is 11.7 Å². The predicted octanol–water partition coefficient (Wildman–Crippen LogP) is 5.61. The Hall–Kier alpha value is -4.71. The lowest BCUT2D eigenvalue weighted by atomic mass is 10.0. The summed E-state index contributed by atoms with van der Waals surface area (Å²) in [6.07, 6.45) is 3.42. The van der Waals surface area contributed by atoms with Gasteiger partial charge in [0.25, 0.3) is 5.78 Å². The Morgan fingerprint density at radius 2 is 1.46 bits per heavy atom. The number of para-hydroxylation sites is 1. The van der Waals surface area contributed by atoms with Gasteiger partial charge in [-0.1, -0.05) is 54.6 Å². The second kappa shape index (κ2) is 9.27. The zero-order valence-electron chi connectivity index (χ0n) is 19.5. The van der Waals surface area contributed by atoms with Crippen molar-refractivity contribution in [2.45, 2.75) is 0 Å². The van der Waals surface area contributed by atoms with Gasteiger partial charge in [0, 0.05) is 37.1 Å². The van der Waals surface area contributed by atoms with Crippen molar-refractivity contribution in [3.63, 3.8) is 0 Å². The molecule has 5 aromatic rings. The van der Waals surface area contributed by atoms with E-state index in [0.29, 0.717) is 22.6 Å². The molecule has 6 heteroatoms. The summed E-state index contributed by atoms with van der Waals surface area (Å²) in [6.45, 7) is 0. The minimum absolute atomic E-state index is 0.329. The fourth-order valence-electron chi connectivity index (χ4n) is 4.13. The lowest BCUT2D eigenvalue weighted by Gasteiger charge is -2.23. The van der Waals surface area contributed by atoms with Crippen LogP contribution in [-0.4, -0.2) is 35.2 Å². The molecule has 0 atom stereocenters. The van der Waals surface area contributed by atoms with E-state index in [-0.39, 0.29) is 0 Å². The van der Waals surface area contributed by atoms with Gasteiger partial charge in [-0.05, 0) is 48.0 Å². The Morgan fingerprint density at radius 1 is 0.771 bits per heavy atom. The maximum Gasteiger partial charge on any atom is 0.305 e. The second-order valence-electron chi connectivity index (χ2n) is 8.34. The lowest BCUT2D eigenvalue weighted by Crippen LogP contribution is -2.34. The van der Waals surface area contributed by atoms with Crippen LogP contribution >= 0.6 is 0 Å². The molecule has 0 N–H and O–H groups in total. The standard InChI is InChI=1S/C29H24N4O2/c1-31(2)26-17-16-24(20-30-26)33(22-13-7-4-8-14-22)29(35)28(34)27-25(21-11-5-3-6-12-21)19-23-15-9-10-18-32(23)27/h3-20H,1-2H3. The summed E-state index contributed by atoms with van der Waals surface area (Å²) in [6, 6.07) is 30.0. The molecule has 0 saturated carbocycles. The van der Waals surface area contributed by atoms with E-state index in [0.717, 1.165) is 16.9 Å². The molecule has 0 aliphatic carbocycles. The highest BCUT2D eigenvalue weighted by Crippen LogP contribution is 2.31. The van der Waals surface area contributed by atoms with Gasteiger partial charge in [-0.15, -0.1) is 0 Å². The molecule has 172 valence electrons. The van der Waals surface area contributed by atoms with Crippen molar-refractivity contribution in [3.8, 4) is 11.1 Å². The number of Topliss-reactive ketones (excluding diaryl/α,β-unsaturated/α-hetero) is 1. The Morgan fingerprint density at radius 3 is 2.11 bits per heavy atom. The lowest BCUT2D eigenvalue weighted by molar-refractivity contribution is -0.114. The summed E-state index contributed by atoms with van der Waals surface area (Å²) in [5, 5.41) is 0. The molecule has 0 saturated heterocycles. The molecule has 0 fully saturated rings. The van der Waals surface area contributed by atoms with E-state index >= 15 is 0 Å². The van der Waals surface area contributed by atoms with Crippen LogP contribution in [0.2, 0.25) is 0 Å². The molecular formula is C29H24N4O2. The van der Waals surface area contributed by atoms with Crippen molar-refractivity contribution in [1.29, 1.82) is 0 Å². The fraction of sp³-hybridized carbons (Fsp3) is 0.0690. The molecule has 6 nitrogen and oxygen atoms in total. The van der Waals surface area contributed by atoms with Crippen LogP contribution in [0.5, 0.6) is 0 Å². The highest BCUT2D eigenvalue weighted by Gasteiger charge is 2.30. The van der Waals surface area contributed by atoms with Gasteiger partial charge in [0.15, 0.2) is 0 Å². The maximum atomic E-state index is 13.9. The van der Waals surface area contributed by atoms with Crippen molar-refractivity contribution < 1.29 is 9.59 Å². The molecule has 1 amide bonds. The average molecular weight is 461 g/mol. The average Bonchev–Trinajstić information content (AvgIpc) is 3.29. The molecule has 5 rings (SSSR count). The first kappa shape index (κ1) is 22.1. The van der Waals surface area contributed by atoms with Crippen LogP contribution in [0.1, 0.15) is 10.5 Å². The second-order valence-corrected chi connectivity index (χ2v) is 8.34. The molecule has 0 aliphatic heterocycles. The monoisotopic (exact) mass is 460 g/mol. The Bertz CT molecular complexity index is 1490. The largest absolute Gasteiger partial charge is 0.363 e.